The SMILES string of the molecule is CCCCc1ccc(-c2ccc(-n3c4ccccc4c4c5c6ccccc6n(-c6ccc(-c7cccc8ccccc78)cc6)c5ccc43)cc2)cc1. The molecule has 0 saturated heterocycles. The number of rotatable bonds is 7. The van der Waals surface area contributed by atoms with Crippen molar-refractivity contribution in [1.29, 1.82) is 0 Å². The Kier molecular flexibility index (Phi) is 7.28. The molecule has 0 N–H and O–H groups in total. The summed E-state index contributed by atoms with van der Waals surface area (Å²) in [5.41, 5.74) is 13.6. The summed E-state index contributed by atoms with van der Waals surface area (Å²) in [5.74, 6) is 0. The minimum atomic E-state index is 1.15. The normalized spacial score (nSPS) is 11.8. The summed E-state index contributed by atoms with van der Waals surface area (Å²) in [6, 6.07) is 64.9. The molecule has 0 aliphatic rings. The number of benzene rings is 8. The lowest BCUT2D eigenvalue weighted by Crippen LogP contribution is -1.95. The largest absolute Gasteiger partial charge is 0.309 e. The van der Waals surface area contributed by atoms with Gasteiger partial charge in [-0.05, 0) is 100.0 Å². The topological polar surface area (TPSA) is 9.86 Å². The van der Waals surface area contributed by atoms with Crippen LogP contribution in [-0.4, -0.2) is 9.13 Å². The quantitative estimate of drug-likeness (QED) is 0.160. The lowest BCUT2D eigenvalue weighted by atomic mass is 9.98. The van der Waals surface area contributed by atoms with Crippen LogP contribution in [0.3, 0.4) is 0 Å². The molecule has 0 aliphatic heterocycles. The van der Waals surface area contributed by atoms with E-state index in [4.69, 9.17) is 0 Å². The molecule has 0 amide bonds. The third kappa shape index (κ3) is 4.86. The molecule has 0 atom stereocenters. The zero-order valence-electron chi connectivity index (χ0n) is 29.3. The van der Waals surface area contributed by atoms with Crippen LogP contribution >= 0.6 is 0 Å². The molecule has 0 saturated carbocycles. The molecule has 248 valence electrons. The molecule has 10 aromatic rings. The van der Waals surface area contributed by atoms with Gasteiger partial charge in [0, 0.05) is 32.9 Å². The van der Waals surface area contributed by atoms with Gasteiger partial charge >= 0.3 is 0 Å². The Morgan fingerprint density at radius 1 is 0.385 bits per heavy atom. The van der Waals surface area contributed by atoms with Gasteiger partial charge in [-0.3, -0.25) is 0 Å². The van der Waals surface area contributed by atoms with Gasteiger partial charge in [-0.25, -0.2) is 0 Å². The first kappa shape index (κ1) is 30.4. The summed E-state index contributed by atoms with van der Waals surface area (Å²) in [6.45, 7) is 2.25. The number of hydrogen-bond donors (Lipinski definition) is 0. The molecular formula is C50H38N2. The molecule has 52 heavy (non-hydrogen) atoms. The zero-order valence-corrected chi connectivity index (χ0v) is 29.3. The maximum Gasteiger partial charge on any atom is 0.0548 e. The van der Waals surface area contributed by atoms with Crippen molar-refractivity contribution < 1.29 is 0 Å². The second-order valence-corrected chi connectivity index (χ2v) is 14.0. The van der Waals surface area contributed by atoms with E-state index >= 15 is 0 Å². The van der Waals surface area contributed by atoms with Crippen LogP contribution in [0.5, 0.6) is 0 Å². The predicted octanol–water partition coefficient (Wildman–Crippen LogP) is 13.7. The highest BCUT2D eigenvalue weighted by Crippen LogP contribution is 2.42. The fourth-order valence-corrected chi connectivity index (χ4v) is 8.39. The van der Waals surface area contributed by atoms with Gasteiger partial charge in [0.15, 0.2) is 0 Å². The highest BCUT2D eigenvalue weighted by molar-refractivity contribution is 6.28. The Bertz CT molecular complexity index is 2900. The molecule has 0 radical (unpaired) electrons. The molecule has 0 bridgehead atoms. The van der Waals surface area contributed by atoms with Gasteiger partial charge < -0.3 is 9.13 Å². The van der Waals surface area contributed by atoms with Crippen LogP contribution in [0.2, 0.25) is 0 Å². The van der Waals surface area contributed by atoms with Crippen molar-refractivity contribution in [2.75, 3.05) is 0 Å². The molecule has 8 aromatic carbocycles. The summed E-state index contributed by atoms with van der Waals surface area (Å²) in [6.07, 6.45) is 3.60. The van der Waals surface area contributed by atoms with Gasteiger partial charge in [0.2, 0.25) is 0 Å². The highest BCUT2D eigenvalue weighted by Gasteiger charge is 2.20. The Labute approximate surface area is 303 Å². The summed E-state index contributed by atoms with van der Waals surface area (Å²) >= 11 is 0. The molecule has 2 aromatic heterocycles. The molecular weight excluding hydrogens is 629 g/mol. The van der Waals surface area contributed by atoms with E-state index in [2.05, 4.69) is 192 Å². The van der Waals surface area contributed by atoms with E-state index in [0.717, 1.165) is 12.1 Å². The van der Waals surface area contributed by atoms with Crippen LogP contribution < -0.4 is 0 Å². The minimum Gasteiger partial charge on any atom is -0.309 e. The molecule has 0 spiro atoms. The first-order valence-electron chi connectivity index (χ1n) is 18.5. The molecule has 0 unspecified atom stereocenters. The van der Waals surface area contributed by atoms with Crippen LogP contribution in [0, 0.1) is 0 Å². The number of hydrogen-bond acceptors (Lipinski definition) is 0. The van der Waals surface area contributed by atoms with Crippen molar-refractivity contribution in [3.05, 3.63) is 181 Å². The minimum absolute atomic E-state index is 1.15. The second kappa shape index (κ2) is 12.4. The molecule has 0 aliphatic carbocycles. The van der Waals surface area contributed by atoms with E-state index < -0.39 is 0 Å². The summed E-state index contributed by atoms with van der Waals surface area (Å²) in [5, 5.41) is 7.66. The summed E-state index contributed by atoms with van der Waals surface area (Å²) < 4.78 is 4.87. The third-order valence-electron chi connectivity index (χ3n) is 10.9. The zero-order chi connectivity index (χ0) is 34.6. The Morgan fingerprint density at radius 3 is 1.44 bits per heavy atom. The maximum atomic E-state index is 2.44. The average molecular weight is 667 g/mol. The van der Waals surface area contributed by atoms with Crippen LogP contribution in [0.1, 0.15) is 25.3 Å². The Balaban J connectivity index is 1.12. The van der Waals surface area contributed by atoms with Gasteiger partial charge in [0.25, 0.3) is 0 Å². The first-order valence-corrected chi connectivity index (χ1v) is 18.5. The van der Waals surface area contributed by atoms with Crippen molar-refractivity contribution in [2.45, 2.75) is 26.2 Å². The van der Waals surface area contributed by atoms with E-state index in [0.29, 0.717) is 0 Å². The van der Waals surface area contributed by atoms with E-state index in [-0.39, 0.29) is 0 Å². The number of fused-ring (bicyclic) bond motifs is 8. The standard InChI is InChI=1S/C50H38N2/c1-2-3-11-34-20-22-35(23-21-34)36-24-28-39(29-25-36)51-45-18-8-6-15-43(45)49-47(51)32-33-48-50(49)44-16-7-9-19-46(44)52(48)40-30-26-38(27-31-40)42-17-10-13-37-12-4-5-14-41(37)42/h4-10,12-33H,2-3,11H2,1H3. The summed E-state index contributed by atoms with van der Waals surface area (Å²) in [4.78, 5) is 0. The Hall–Kier alpha value is -6.38. The van der Waals surface area contributed by atoms with Crippen molar-refractivity contribution in [1.82, 2.24) is 9.13 Å². The molecule has 2 heteroatoms. The van der Waals surface area contributed by atoms with Gasteiger partial charge in [-0.15, -0.1) is 0 Å². The van der Waals surface area contributed by atoms with Crippen molar-refractivity contribution in [2.24, 2.45) is 0 Å². The molecule has 10 rings (SSSR count). The first-order chi connectivity index (χ1) is 25.8. The molecule has 2 heterocycles. The van der Waals surface area contributed by atoms with Crippen LogP contribution in [0.4, 0.5) is 0 Å². The third-order valence-corrected chi connectivity index (χ3v) is 10.9. The van der Waals surface area contributed by atoms with Crippen molar-refractivity contribution in [3.8, 4) is 33.6 Å². The van der Waals surface area contributed by atoms with Crippen LogP contribution in [0.25, 0.3) is 88.0 Å². The lowest BCUT2D eigenvalue weighted by Gasteiger charge is -2.11. The number of aryl methyl sites for hydroxylation is 1. The van der Waals surface area contributed by atoms with E-state index in [9.17, 15) is 0 Å². The van der Waals surface area contributed by atoms with Crippen LogP contribution in [0.15, 0.2) is 176 Å². The van der Waals surface area contributed by atoms with Crippen molar-refractivity contribution >= 4 is 54.4 Å². The highest BCUT2D eigenvalue weighted by atomic mass is 15.0. The van der Waals surface area contributed by atoms with Gasteiger partial charge in [-0.2, -0.15) is 0 Å². The van der Waals surface area contributed by atoms with Crippen LogP contribution in [-0.2, 0) is 6.42 Å². The fraction of sp³-hybridized carbons (Fsp3) is 0.0800. The Morgan fingerprint density at radius 2 is 0.865 bits per heavy atom. The van der Waals surface area contributed by atoms with Crippen molar-refractivity contribution in [3.63, 3.8) is 0 Å². The van der Waals surface area contributed by atoms with E-state index in [1.165, 1.54) is 101 Å². The van der Waals surface area contributed by atoms with Gasteiger partial charge in [-0.1, -0.05) is 141 Å². The number of nitrogens with zero attached hydrogens (tertiary/aromatic N) is 2. The monoisotopic (exact) mass is 666 g/mol. The van der Waals surface area contributed by atoms with Gasteiger partial charge in [0.1, 0.15) is 0 Å². The summed E-state index contributed by atoms with van der Waals surface area (Å²) in [7, 11) is 0. The smallest absolute Gasteiger partial charge is 0.0548 e. The molecule has 0 fully saturated rings. The van der Waals surface area contributed by atoms with E-state index in [1.807, 2.05) is 0 Å². The number of unbranched alkanes of at least 4 members (excludes halogenated alkanes) is 1. The second-order valence-electron chi connectivity index (χ2n) is 14.0. The lowest BCUT2D eigenvalue weighted by molar-refractivity contribution is 0.795. The maximum absolute atomic E-state index is 2.44. The molecule has 2 nitrogen and oxygen atoms in total. The van der Waals surface area contributed by atoms with Gasteiger partial charge in [0.05, 0.1) is 22.1 Å². The van der Waals surface area contributed by atoms with E-state index in [1.54, 1.807) is 0 Å². The average Bonchev–Trinajstić information content (AvgIpc) is 3.73. The predicted molar refractivity (Wildman–Crippen MR) is 222 cm³/mol. The fourth-order valence-electron chi connectivity index (χ4n) is 8.39. The number of aromatic nitrogens is 2. The number of para-hydroxylation sites is 2.